The van der Waals surface area contributed by atoms with Crippen molar-refractivity contribution in [1.29, 1.82) is 0 Å². The minimum Gasteiger partial charge on any atom is -0.756 e. The van der Waals surface area contributed by atoms with Crippen molar-refractivity contribution in [2.75, 3.05) is 40.9 Å². The molecule has 0 spiro atoms. The lowest BCUT2D eigenvalue weighted by atomic mass is 9.92. The molecule has 0 aliphatic rings. The summed E-state index contributed by atoms with van der Waals surface area (Å²) in [5.41, 5.74) is 0. The number of ketones is 2. The molecule has 8 heteroatoms. The maximum atomic E-state index is 13.2. The number of likely N-dealkylation sites (N-methyl/N-ethyl adjacent to an activating group) is 1. The molecule has 7 nitrogen and oxygen atoms in total. The van der Waals surface area contributed by atoms with Crippen LogP contribution in [0.15, 0.2) is 0 Å². The van der Waals surface area contributed by atoms with Crippen molar-refractivity contribution in [2.45, 2.75) is 226 Å². The molecule has 0 aromatic rings. The fourth-order valence-corrected chi connectivity index (χ4v) is 7.60. The lowest BCUT2D eigenvalue weighted by Crippen LogP contribution is -2.37. The van der Waals surface area contributed by atoms with Crippen LogP contribution < -0.4 is 4.89 Å². The summed E-state index contributed by atoms with van der Waals surface area (Å²) in [5.74, 6) is -0.773. The van der Waals surface area contributed by atoms with Gasteiger partial charge in [-0.05, 0) is 12.8 Å². The number of carbonyl (C=O) groups excluding carboxylic acids is 2. The molecule has 2 atom stereocenters. The quantitative estimate of drug-likeness (QED) is 0.0350. The monoisotopic (exact) mass is 758 g/mol. The number of hydrogen-bond acceptors (Lipinski definition) is 6. The summed E-state index contributed by atoms with van der Waals surface area (Å²) in [5, 5.41) is 0. The van der Waals surface area contributed by atoms with E-state index in [0.717, 1.165) is 38.5 Å². The van der Waals surface area contributed by atoms with Crippen molar-refractivity contribution >= 4 is 19.4 Å². The number of nitrogens with zero attached hydrogens (tertiary/aromatic N) is 1. The summed E-state index contributed by atoms with van der Waals surface area (Å²) in [6.07, 6.45) is 38.8. The van der Waals surface area contributed by atoms with Gasteiger partial charge in [0.2, 0.25) is 0 Å². The second-order valence-electron chi connectivity index (χ2n) is 16.9. The van der Waals surface area contributed by atoms with E-state index in [1.165, 1.54) is 154 Å². The lowest BCUT2D eigenvalue weighted by molar-refractivity contribution is -0.870. The third kappa shape index (κ3) is 37.7. The first-order chi connectivity index (χ1) is 25.0. The summed E-state index contributed by atoms with van der Waals surface area (Å²) in [6, 6.07) is 0. The normalized spacial score (nSPS) is 13.7. The fraction of sp³-hybridized carbons (Fsp3) is 0.955. The van der Waals surface area contributed by atoms with Crippen molar-refractivity contribution in [3.05, 3.63) is 0 Å². The Morgan fingerprint density at radius 2 is 0.846 bits per heavy atom. The van der Waals surface area contributed by atoms with Crippen LogP contribution in [-0.2, 0) is 23.2 Å². The second kappa shape index (κ2) is 36.1. The SMILES string of the molecule is CCCCCCCCCCCCCCCCCC(=O)CC(COP(=O)([O-])OCC[N+](C)(C)C)C(=O)CCCCCCCCCCCCCCCCC. The molecule has 2 unspecified atom stereocenters. The topological polar surface area (TPSA) is 92.7 Å². The van der Waals surface area contributed by atoms with Gasteiger partial charge in [0.1, 0.15) is 24.7 Å². The van der Waals surface area contributed by atoms with Crippen LogP contribution in [0.3, 0.4) is 0 Å². The van der Waals surface area contributed by atoms with Gasteiger partial charge in [0, 0.05) is 25.2 Å². The molecule has 0 aromatic carbocycles. The van der Waals surface area contributed by atoms with E-state index in [4.69, 9.17) is 9.05 Å². The molecule has 0 heterocycles. The van der Waals surface area contributed by atoms with E-state index in [1.54, 1.807) is 0 Å². The lowest BCUT2D eigenvalue weighted by Gasteiger charge is -2.28. The highest BCUT2D eigenvalue weighted by Crippen LogP contribution is 2.39. The zero-order chi connectivity index (χ0) is 38.6. The zero-order valence-corrected chi connectivity index (χ0v) is 36.3. The van der Waals surface area contributed by atoms with Gasteiger partial charge in [0.05, 0.1) is 27.7 Å². The molecule has 0 aromatic heterocycles. The van der Waals surface area contributed by atoms with Crippen molar-refractivity contribution < 1.29 is 32.6 Å². The summed E-state index contributed by atoms with van der Waals surface area (Å²) in [7, 11) is 1.31. The molecule has 310 valence electrons. The van der Waals surface area contributed by atoms with Gasteiger partial charge in [0.15, 0.2) is 0 Å². The number of carbonyl (C=O) groups is 2. The Labute approximate surface area is 323 Å². The highest BCUT2D eigenvalue weighted by molar-refractivity contribution is 7.45. The van der Waals surface area contributed by atoms with Crippen molar-refractivity contribution in [3.8, 4) is 0 Å². The summed E-state index contributed by atoms with van der Waals surface area (Å²) in [4.78, 5) is 38.6. The number of unbranched alkanes of at least 4 members (excludes halogenated alkanes) is 28. The number of quaternary nitrogens is 1. The first-order valence-electron chi connectivity index (χ1n) is 22.5. The van der Waals surface area contributed by atoms with Crippen LogP contribution in [-0.4, -0.2) is 57.0 Å². The average molecular weight is 758 g/mol. The number of Topliss-reactive ketones (excluding diaryl/α,β-unsaturated/α-hetero) is 2. The molecule has 52 heavy (non-hydrogen) atoms. The van der Waals surface area contributed by atoms with Crippen LogP contribution in [0.5, 0.6) is 0 Å². The molecule has 0 aliphatic heterocycles. The van der Waals surface area contributed by atoms with Gasteiger partial charge in [-0.3, -0.25) is 14.2 Å². The maximum absolute atomic E-state index is 13.2. The highest BCUT2D eigenvalue weighted by atomic mass is 31.2. The number of rotatable bonds is 42. The number of phosphoric ester groups is 1. The van der Waals surface area contributed by atoms with Gasteiger partial charge >= 0.3 is 0 Å². The second-order valence-corrected chi connectivity index (χ2v) is 18.3. The van der Waals surface area contributed by atoms with Crippen LogP contribution >= 0.6 is 7.82 Å². The van der Waals surface area contributed by atoms with E-state index in [9.17, 15) is 19.0 Å². The molecular weight excluding hydrogens is 669 g/mol. The third-order valence-corrected chi connectivity index (χ3v) is 11.4. The summed E-state index contributed by atoms with van der Waals surface area (Å²) >= 11 is 0. The van der Waals surface area contributed by atoms with Crippen molar-refractivity contribution in [3.63, 3.8) is 0 Å². The molecule has 0 radical (unpaired) electrons. The molecule has 0 saturated heterocycles. The molecule has 0 rings (SSSR count). The standard InChI is InChI=1S/C44H88NO6P/c1-6-8-10-12-14-16-18-20-22-24-26-28-30-32-34-36-43(46)40-42(41-51-52(48,49)50-39-38-45(3,4)5)44(47)37-35-33-31-29-27-25-23-21-19-17-15-13-11-9-7-2/h42H,6-41H2,1-5H3. The Morgan fingerprint density at radius 1 is 0.519 bits per heavy atom. The molecule has 0 fully saturated rings. The number of phosphoric acid groups is 1. The van der Waals surface area contributed by atoms with Gasteiger partial charge in [-0.2, -0.15) is 0 Å². The molecule has 0 saturated carbocycles. The molecule has 0 amide bonds. The van der Waals surface area contributed by atoms with E-state index in [-0.39, 0.29) is 31.2 Å². The summed E-state index contributed by atoms with van der Waals surface area (Å²) < 4.78 is 23.3. The Balaban J connectivity index is 4.34. The Kier molecular flexibility index (Phi) is 35.7. The first-order valence-corrected chi connectivity index (χ1v) is 23.9. The van der Waals surface area contributed by atoms with Gasteiger partial charge < -0.3 is 18.4 Å². The van der Waals surface area contributed by atoms with Gasteiger partial charge in [-0.15, -0.1) is 0 Å². The van der Waals surface area contributed by atoms with E-state index >= 15 is 0 Å². The molecule has 0 N–H and O–H groups in total. The fourth-order valence-electron chi connectivity index (χ4n) is 6.86. The van der Waals surface area contributed by atoms with Crippen molar-refractivity contribution in [1.82, 2.24) is 0 Å². The van der Waals surface area contributed by atoms with Crippen LogP contribution in [0.1, 0.15) is 226 Å². The largest absolute Gasteiger partial charge is 0.756 e. The van der Waals surface area contributed by atoms with Crippen LogP contribution in [0.4, 0.5) is 0 Å². The highest BCUT2D eigenvalue weighted by Gasteiger charge is 2.24. The van der Waals surface area contributed by atoms with Crippen molar-refractivity contribution in [2.24, 2.45) is 5.92 Å². The maximum Gasteiger partial charge on any atom is 0.268 e. The Morgan fingerprint density at radius 3 is 1.19 bits per heavy atom. The smallest absolute Gasteiger partial charge is 0.268 e. The number of hydrogen-bond donors (Lipinski definition) is 0. The van der Waals surface area contributed by atoms with E-state index < -0.39 is 13.7 Å². The van der Waals surface area contributed by atoms with E-state index in [2.05, 4.69) is 13.8 Å². The predicted molar refractivity (Wildman–Crippen MR) is 220 cm³/mol. The summed E-state index contributed by atoms with van der Waals surface area (Å²) in [6.45, 7) is 4.74. The van der Waals surface area contributed by atoms with Crippen LogP contribution in [0, 0.1) is 5.92 Å². The van der Waals surface area contributed by atoms with E-state index in [1.807, 2.05) is 21.1 Å². The average Bonchev–Trinajstić information content (AvgIpc) is 3.09. The molecular formula is C44H88NO6P. The van der Waals surface area contributed by atoms with Gasteiger partial charge in [-0.1, -0.05) is 194 Å². The minimum atomic E-state index is -4.56. The Bertz CT molecular complexity index is 860. The zero-order valence-electron chi connectivity index (χ0n) is 35.4. The predicted octanol–water partition coefficient (Wildman–Crippen LogP) is 12.9. The minimum absolute atomic E-state index is 0.0140. The van der Waals surface area contributed by atoms with E-state index in [0.29, 0.717) is 23.9 Å². The van der Waals surface area contributed by atoms with Gasteiger partial charge in [0.25, 0.3) is 7.82 Å². The molecule has 0 bridgehead atoms. The third-order valence-electron chi connectivity index (χ3n) is 10.5. The molecule has 0 aliphatic carbocycles. The van der Waals surface area contributed by atoms with Crippen LogP contribution in [0.25, 0.3) is 0 Å². The van der Waals surface area contributed by atoms with Crippen LogP contribution in [0.2, 0.25) is 0 Å². The van der Waals surface area contributed by atoms with Gasteiger partial charge in [-0.25, -0.2) is 0 Å². The Hall–Kier alpha value is -0.590. The first kappa shape index (κ1) is 51.4.